The van der Waals surface area contributed by atoms with Crippen molar-refractivity contribution in [1.29, 1.82) is 0 Å². The Morgan fingerprint density at radius 1 is 1.26 bits per heavy atom. The van der Waals surface area contributed by atoms with E-state index in [2.05, 4.69) is 0 Å². The molecule has 1 atom stereocenters. The summed E-state index contributed by atoms with van der Waals surface area (Å²) in [6.45, 7) is 3.49. The Kier molecular flexibility index (Phi) is 5.35. The van der Waals surface area contributed by atoms with Gasteiger partial charge in [-0.3, -0.25) is 0 Å². The maximum absolute atomic E-state index is 13.7. The van der Waals surface area contributed by atoms with Gasteiger partial charge in [0.25, 0.3) is 0 Å². The predicted octanol–water partition coefficient (Wildman–Crippen LogP) is 4.08. The fraction of sp³-hybridized carbons (Fsp3) is 0.571. The lowest BCUT2D eigenvalue weighted by Gasteiger charge is -2.14. The fourth-order valence-electron chi connectivity index (χ4n) is 1.99. The maximum atomic E-state index is 13.7. The van der Waals surface area contributed by atoms with Crippen LogP contribution in [-0.4, -0.2) is 6.04 Å². The number of hydrogen-bond donors (Lipinski definition) is 1. The predicted molar refractivity (Wildman–Crippen MR) is 67.4 cm³/mol. The Labute approximate surface area is 110 Å². The van der Waals surface area contributed by atoms with Crippen LogP contribution in [0.3, 0.4) is 0 Å². The van der Waals surface area contributed by atoms with Crippen LogP contribution in [0.15, 0.2) is 12.1 Å². The lowest BCUT2D eigenvalue weighted by Crippen LogP contribution is -2.15. The summed E-state index contributed by atoms with van der Waals surface area (Å²) in [5.74, 6) is -1.15. The third kappa shape index (κ3) is 4.49. The van der Waals surface area contributed by atoms with E-state index in [1.807, 2.05) is 6.92 Å². The van der Waals surface area contributed by atoms with E-state index < -0.39 is 17.6 Å². The molecule has 0 amide bonds. The Morgan fingerprint density at radius 2 is 1.89 bits per heavy atom. The average molecular weight is 277 g/mol. The highest BCUT2D eigenvalue weighted by Gasteiger charge is 2.35. The molecule has 0 fully saturated rings. The van der Waals surface area contributed by atoms with Gasteiger partial charge in [0, 0.05) is 6.04 Å². The molecule has 0 aromatic heterocycles. The molecule has 0 bridgehead atoms. The Hall–Kier alpha value is -1.10. The van der Waals surface area contributed by atoms with E-state index in [4.69, 9.17) is 5.73 Å². The van der Waals surface area contributed by atoms with Crippen LogP contribution in [0.4, 0.5) is 17.6 Å². The highest BCUT2D eigenvalue weighted by atomic mass is 19.4. The van der Waals surface area contributed by atoms with Gasteiger partial charge in [0.2, 0.25) is 0 Å². The first kappa shape index (κ1) is 16.0. The van der Waals surface area contributed by atoms with Crippen molar-refractivity contribution in [1.82, 2.24) is 0 Å². The second-order valence-electron chi connectivity index (χ2n) is 4.84. The summed E-state index contributed by atoms with van der Waals surface area (Å²) in [4.78, 5) is 0. The van der Waals surface area contributed by atoms with Gasteiger partial charge < -0.3 is 5.73 Å². The van der Waals surface area contributed by atoms with Gasteiger partial charge >= 0.3 is 6.18 Å². The third-order valence-corrected chi connectivity index (χ3v) is 3.02. The van der Waals surface area contributed by atoms with Gasteiger partial charge in [-0.2, -0.15) is 13.2 Å². The summed E-state index contributed by atoms with van der Waals surface area (Å²) in [5.41, 5.74) is 5.07. The third-order valence-electron chi connectivity index (χ3n) is 3.02. The molecule has 1 nitrogen and oxygen atoms in total. The zero-order valence-electron chi connectivity index (χ0n) is 11.1. The van der Waals surface area contributed by atoms with Crippen LogP contribution in [0, 0.1) is 5.82 Å². The summed E-state index contributed by atoms with van der Waals surface area (Å²) >= 11 is 0. The molecule has 0 unspecified atom stereocenters. The van der Waals surface area contributed by atoms with Gasteiger partial charge in [-0.1, -0.05) is 13.0 Å². The largest absolute Gasteiger partial charge is 0.419 e. The van der Waals surface area contributed by atoms with Crippen molar-refractivity contribution < 1.29 is 17.6 Å². The molecule has 1 aromatic rings. The number of benzene rings is 1. The van der Waals surface area contributed by atoms with E-state index >= 15 is 0 Å². The summed E-state index contributed by atoms with van der Waals surface area (Å²) in [6.07, 6.45) is -2.48. The van der Waals surface area contributed by atoms with Crippen molar-refractivity contribution in [2.75, 3.05) is 0 Å². The van der Waals surface area contributed by atoms with Crippen LogP contribution in [0.2, 0.25) is 0 Å². The Balaban J connectivity index is 3.00. The molecule has 0 heterocycles. The average Bonchev–Trinajstić information content (AvgIpc) is 2.28. The quantitative estimate of drug-likeness (QED) is 0.806. The van der Waals surface area contributed by atoms with E-state index in [1.165, 1.54) is 6.07 Å². The molecule has 1 rings (SSSR count). The zero-order valence-corrected chi connectivity index (χ0v) is 11.1. The standard InChI is InChI=1S/C14H19F4N/c1-3-11-7-10(6-4-5-9(2)19)8-12(13(11)15)14(16,17)18/h7-9H,3-6,19H2,1-2H3/t9-/m0/s1. The first-order valence-electron chi connectivity index (χ1n) is 6.39. The van der Waals surface area contributed by atoms with Crippen molar-refractivity contribution in [3.63, 3.8) is 0 Å². The number of aryl methyl sites for hydroxylation is 2. The summed E-state index contributed by atoms with van der Waals surface area (Å²) < 4.78 is 51.9. The number of hydrogen-bond acceptors (Lipinski definition) is 1. The molecule has 19 heavy (non-hydrogen) atoms. The number of halogens is 4. The van der Waals surface area contributed by atoms with Crippen LogP contribution in [0.25, 0.3) is 0 Å². The van der Waals surface area contributed by atoms with Gasteiger partial charge in [0.05, 0.1) is 5.56 Å². The van der Waals surface area contributed by atoms with E-state index in [9.17, 15) is 17.6 Å². The molecular formula is C14H19F4N. The Morgan fingerprint density at radius 3 is 2.37 bits per heavy atom. The van der Waals surface area contributed by atoms with Crippen LogP contribution < -0.4 is 5.73 Å². The number of rotatable bonds is 5. The SMILES string of the molecule is CCc1cc(CCC[C@H](C)N)cc(C(F)(F)F)c1F. The second-order valence-corrected chi connectivity index (χ2v) is 4.84. The number of nitrogens with two attached hydrogens (primary N) is 1. The van der Waals surface area contributed by atoms with Crippen molar-refractivity contribution in [3.8, 4) is 0 Å². The van der Waals surface area contributed by atoms with Gasteiger partial charge in [-0.05, 0) is 49.8 Å². The van der Waals surface area contributed by atoms with E-state index in [1.54, 1.807) is 6.92 Å². The summed E-state index contributed by atoms with van der Waals surface area (Å²) in [6, 6.07) is 2.45. The molecular weight excluding hydrogens is 258 g/mol. The molecule has 5 heteroatoms. The van der Waals surface area contributed by atoms with Crippen molar-refractivity contribution >= 4 is 0 Å². The van der Waals surface area contributed by atoms with Gasteiger partial charge in [-0.25, -0.2) is 4.39 Å². The molecule has 2 N–H and O–H groups in total. The monoisotopic (exact) mass is 277 g/mol. The minimum atomic E-state index is -4.65. The van der Waals surface area contributed by atoms with E-state index in [-0.39, 0.29) is 18.0 Å². The Bertz CT molecular complexity index is 424. The first-order valence-corrected chi connectivity index (χ1v) is 6.39. The zero-order chi connectivity index (χ0) is 14.6. The highest BCUT2D eigenvalue weighted by molar-refractivity contribution is 5.34. The minimum Gasteiger partial charge on any atom is -0.328 e. The van der Waals surface area contributed by atoms with Gasteiger partial charge in [0.1, 0.15) is 5.82 Å². The molecule has 0 aliphatic heterocycles. The molecule has 0 aliphatic rings. The highest BCUT2D eigenvalue weighted by Crippen LogP contribution is 2.34. The summed E-state index contributed by atoms with van der Waals surface area (Å²) in [5, 5.41) is 0. The molecule has 108 valence electrons. The van der Waals surface area contributed by atoms with Crippen molar-refractivity contribution in [3.05, 3.63) is 34.6 Å². The molecule has 0 spiro atoms. The first-order chi connectivity index (χ1) is 8.75. The van der Waals surface area contributed by atoms with Crippen molar-refractivity contribution in [2.24, 2.45) is 5.73 Å². The van der Waals surface area contributed by atoms with Crippen LogP contribution in [0.5, 0.6) is 0 Å². The normalized spacial score (nSPS) is 13.6. The molecule has 0 saturated carbocycles. The number of alkyl halides is 3. The topological polar surface area (TPSA) is 26.0 Å². The fourth-order valence-corrected chi connectivity index (χ4v) is 1.99. The summed E-state index contributed by atoms with van der Waals surface area (Å²) in [7, 11) is 0. The van der Waals surface area contributed by atoms with Crippen LogP contribution in [0.1, 0.15) is 43.4 Å². The van der Waals surface area contributed by atoms with Gasteiger partial charge in [0.15, 0.2) is 0 Å². The molecule has 1 aromatic carbocycles. The molecule has 0 radical (unpaired) electrons. The molecule has 0 aliphatic carbocycles. The van der Waals surface area contributed by atoms with Crippen molar-refractivity contribution in [2.45, 2.75) is 51.7 Å². The lowest BCUT2D eigenvalue weighted by molar-refractivity contribution is -0.140. The van der Waals surface area contributed by atoms with Crippen LogP contribution >= 0.6 is 0 Å². The maximum Gasteiger partial charge on any atom is 0.419 e. The molecule has 0 saturated heterocycles. The smallest absolute Gasteiger partial charge is 0.328 e. The minimum absolute atomic E-state index is 0.0215. The van der Waals surface area contributed by atoms with E-state index in [0.29, 0.717) is 18.4 Å². The lowest BCUT2D eigenvalue weighted by atomic mass is 9.98. The van der Waals surface area contributed by atoms with Gasteiger partial charge in [-0.15, -0.1) is 0 Å². The van der Waals surface area contributed by atoms with Crippen LogP contribution in [-0.2, 0) is 19.0 Å². The van der Waals surface area contributed by atoms with E-state index in [0.717, 1.165) is 12.5 Å². The second kappa shape index (κ2) is 6.37.